The molecular weight excluding hydrogens is 502 g/mol. The number of nitrogen functional groups attached to an aromatic ring is 1. The number of nitro groups is 1. The molecule has 0 bridgehead atoms. The molecule has 1 aliphatic rings. The van der Waals surface area contributed by atoms with E-state index in [9.17, 15) is 10.1 Å². The number of likely N-dealkylation sites (tertiary alicyclic amines) is 1. The first-order valence-corrected chi connectivity index (χ1v) is 12.7. The van der Waals surface area contributed by atoms with E-state index in [1.165, 1.54) is 58.3 Å². The first-order chi connectivity index (χ1) is 19.0. The highest BCUT2D eigenvalue weighted by Crippen LogP contribution is 2.33. The summed E-state index contributed by atoms with van der Waals surface area (Å²) in [7, 11) is 4.40. The number of ether oxygens (including phenoxy) is 2. The molecule has 1 aliphatic heterocycles. The van der Waals surface area contributed by atoms with Gasteiger partial charge in [0.05, 0.1) is 26.3 Å². The molecule has 2 heterocycles. The van der Waals surface area contributed by atoms with Crippen molar-refractivity contribution >= 4 is 17.2 Å². The van der Waals surface area contributed by atoms with Gasteiger partial charge in [0, 0.05) is 24.8 Å². The van der Waals surface area contributed by atoms with E-state index in [0.717, 1.165) is 12.1 Å². The average molecular weight is 540 g/mol. The van der Waals surface area contributed by atoms with Crippen LogP contribution in [0.4, 0.5) is 17.2 Å². The van der Waals surface area contributed by atoms with Crippen LogP contribution in [-0.2, 0) is 29.5 Å². The first kappa shape index (κ1) is 29.6. The number of pyridine rings is 1. The van der Waals surface area contributed by atoms with E-state index in [-0.39, 0.29) is 30.3 Å². The van der Waals surface area contributed by atoms with E-state index >= 15 is 0 Å². The van der Waals surface area contributed by atoms with Crippen LogP contribution >= 0.6 is 0 Å². The molecule has 0 saturated carbocycles. The second kappa shape index (κ2) is 15.5. The molecule has 210 valence electrons. The fourth-order valence-electron chi connectivity index (χ4n) is 4.24. The van der Waals surface area contributed by atoms with Gasteiger partial charge in [0.15, 0.2) is 11.5 Å². The van der Waals surface area contributed by atoms with Gasteiger partial charge >= 0.3 is 5.69 Å². The topological polar surface area (TPSA) is 134 Å². The Balaban J connectivity index is 0.000000268. The number of anilines is 2. The fraction of sp³-hybridized carbons (Fsp3) is 0.393. The molecule has 3 aromatic rings. The van der Waals surface area contributed by atoms with Crippen molar-refractivity contribution in [2.24, 2.45) is 0 Å². The van der Waals surface area contributed by atoms with E-state index in [0.29, 0.717) is 17.1 Å². The van der Waals surface area contributed by atoms with Crippen LogP contribution in [-0.4, -0.2) is 49.2 Å². The van der Waals surface area contributed by atoms with Crippen LogP contribution in [0.2, 0.25) is 0 Å². The molecule has 0 spiro atoms. The lowest BCUT2D eigenvalue weighted by molar-refractivity contribution is -0.383. The highest BCUT2D eigenvalue weighted by molar-refractivity contribution is 5.73. The Morgan fingerprint density at radius 3 is 2.36 bits per heavy atom. The van der Waals surface area contributed by atoms with Crippen LogP contribution < -0.4 is 20.5 Å². The molecule has 3 N–H and O–H groups in total. The molecule has 2 aromatic carbocycles. The zero-order valence-corrected chi connectivity index (χ0v) is 22.7. The van der Waals surface area contributed by atoms with Crippen molar-refractivity contribution in [2.75, 3.05) is 45.5 Å². The minimum atomic E-state index is -0.588. The van der Waals surface area contributed by atoms with Gasteiger partial charge in [0.1, 0.15) is 12.3 Å². The molecule has 0 amide bonds. The Kier molecular flexibility index (Phi) is 11.8. The van der Waals surface area contributed by atoms with Gasteiger partial charge < -0.3 is 20.5 Å². The minimum absolute atomic E-state index is 0.0307. The summed E-state index contributed by atoms with van der Waals surface area (Å²) in [6.45, 7) is 3.94. The Morgan fingerprint density at radius 1 is 1.00 bits per heavy atom. The van der Waals surface area contributed by atoms with Crippen LogP contribution in [0.1, 0.15) is 36.0 Å². The van der Waals surface area contributed by atoms with E-state index in [4.69, 9.17) is 20.1 Å². The summed E-state index contributed by atoms with van der Waals surface area (Å²) in [5.41, 5.74) is 8.17. The van der Waals surface area contributed by atoms with E-state index in [1.54, 1.807) is 19.2 Å². The number of benzene rings is 2. The number of methoxy groups -OCH3 is 2. The number of piperidine rings is 1. The summed E-state index contributed by atoms with van der Waals surface area (Å²) >= 11 is 0. The predicted molar refractivity (Wildman–Crippen MR) is 150 cm³/mol. The number of nitrogens with two attached hydrogens (primary N) is 1. The lowest BCUT2D eigenvalue weighted by Gasteiger charge is -2.26. The minimum Gasteiger partial charge on any atom is -0.493 e. The molecular formula is C28H37N5O6. The smallest absolute Gasteiger partial charge is 0.334 e. The van der Waals surface area contributed by atoms with Gasteiger partial charge in [-0.25, -0.2) is 14.8 Å². The van der Waals surface area contributed by atoms with E-state index < -0.39 is 4.92 Å². The van der Waals surface area contributed by atoms with Crippen molar-refractivity contribution < 1.29 is 24.2 Å². The maximum absolute atomic E-state index is 11.4. The number of hydrogen-bond donors (Lipinski definition) is 2. The molecule has 0 aliphatic carbocycles. The SMILES string of the molecule is COOCc1cnc(NCc2ccc(OC)c(OC)c2)c([N+](=O)[O-])c1N.c1ccc(CN2CCCCC2)cc1. The zero-order chi connectivity index (χ0) is 28.0. The third-order valence-electron chi connectivity index (χ3n) is 6.30. The fourth-order valence-corrected chi connectivity index (χ4v) is 4.24. The van der Waals surface area contributed by atoms with Crippen molar-refractivity contribution in [1.29, 1.82) is 0 Å². The van der Waals surface area contributed by atoms with Gasteiger partial charge in [-0.15, -0.1) is 0 Å². The summed E-state index contributed by atoms with van der Waals surface area (Å²) in [5.74, 6) is 1.20. The highest BCUT2D eigenvalue weighted by atomic mass is 17.2. The molecule has 4 rings (SSSR count). The first-order valence-electron chi connectivity index (χ1n) is 12.7. The van der Waals surface area contributed by atoms with Crippen molar-refractivity contribution in [1.82, 2.24) is 9.88 Å². The summed E-state index contributed by atoms with van der Waals surface area (Å²) < 4.78 is 10.4. The van der Waals surface area contributed by atoms with Gasteiger partial charge in [-0.05, 0) is 49.2 Å². The average Bonchev–Trinajstić information content (AvgIpc) is 2.96. The molecule has 1 saturated heterocycles. The quantitative estimate of drug-likeness (QED) is 0.196. The summed E-state index contributed by atoms with van der Waals surface area (Å²) in [5, 5.41) is 14.3. The lowest BCUT2D eigenvalue weighted by atomic mass is 10.1. The Hall–Kier alpha value is -3.93. The van der Waals surface area contributed by atoms with Gasteiger partial charge in [0.25, 0.3) is 0 Å². The molecule has 1 aromatic heterocycles. The number of hydrogen-bond acceptors (Lipinski definition) is 10. The Labute approximate surface area is 228 Å². The maximum atomic E-state index is 11.4. The zero-order valence-electron chi connectivity index (χ0n) is 22.7. The van der Waals surface area contributed by atoms with Gasteiger partial charge in [-0.2, -0.15) is 0 Å². The second-order valence-corrected chi connectivity index (χ2v) is 8.95. The molecule has 11 nitrogen and oxygen atoms in total. The Bertz CT molecular complexity index is 1190. The number of nitrogens with zero attached hydrogens (tertiary/aromatic N) is 3. The van der Waals surface area contributed by atoms with Crippen LogP contribution in [0, 0.1) is 10.1 Å². The summed E-state index contributed by atoms with van der Waals surface area (Å²) in [6, 6.07) is 16.1. The van der Waals surface area contributed by atoms with Gasteiger partial charge in [0.2, 0.25) is 5.82 Å². The summed E-state index contributed by atoms with van der Waals surface area (Å²) in [6.07, 6.45) is 5.59. The largest absolute Gasteiger partial charge is 0.493 e. The number of nitrogens with one attached hydrogen (secondary N) is 1. The molecule has 0 unspecified atom stereocenters. The van der Waals surface area contributed by atoms with E-state index in [2.05, 4.69) is 50.4 Å². The molecule has 0 atom stereocenters. The van der Waals surface area contributed by atoms with Crippen molar-refractivity contribution in [3.8, 4) is 11.5 Å². The van der Waals surface area contributed by atoms with Crippen LogP contribution in [0.25, 0.3) is 0 Å². The maximum Gasteiger partial charge on any atom is 0.334 e. The molecule has 0 radical (unpaired) electrons. The standard InChI is InChI=1S/C16H20N4O6.C12H17N/c1-23-12-5-4-10(6-13(12)24-2)7-18-16-15(20(21)22)14(17)11(8-19-16)9-26-25-3;1-3-7-12(8-4-1)11-13-9-5-2-6-10-13/h4-6,8H,7,9H2,1-3H3,(H3,17,18,19);1,3-4,7-8H,2,5-6,9-11H2. The molecule has 11 heteroatoms. The second-order valence-electron chi connectivity index (χ2n) is 8.95. The van der Waals surface area contributed by atoms with Crippen molar-refractivity contribution in [3.63, 3.8) is 0 Å². The monoisotopic (exact) mass is 539 g/mol. The van der Waals surface area contributed by atoms with Crippen LogP contribution in [0.3, 0.4) is 0 Å². The molecule has 1 fully saturated rings. The van der Waals surface area contributed by atoms with Crippen molar-refractivity contribution in [2.45, 2.75) is 39.0 Å². The lowest BCUT2D eigenvalue weighted by Crippen LogP contribution is -2.28. The van der Waals surface area contributed by atoms with Gasteiger partial charge in [-0.1, -0.05) is 42.8 Å². The number of aromatic nitrogens is 1. The highest BCUT2D eigenvalue weighted by Gasteiger charge is 2.23. The Morgan fingerprint density at radius 2 is 1.72 bits per heavy atom. The van der Waals surface area contributed by atoms with Gasteiger partial charge in [-0.3, -0.25) is 15.0 Å². The van der Waals surface area contributed by atoms with Crippen molar-refractivity contribution in [3.05, 3.63) is 81.5 Å². The normalized spacial score (nSPS) is 13.2. The van der Waals surface area contributed by atoms with E-state index in [1.807, 2.05) is 6.07 Å². The third-order valence-corrected chi connectivity index (χ3v) is 6.30. The number of rotatable bonds is 11. The summed E-state index contributed by atoms with van der Waals surface area (Å²) in [4.78, 5) is 26.7. The predicted octanol–water partition coefficient (Wildman–Crippen LogP) is 4.95. The van der Waals surface area contributed by atoms with Crippen LogP contribution in [0.5, 0.6) is 11.5 Å². The molecule has 39 heavy (non-hydrogen) atoms. The third kappa shape index (κ3) is 8.81. The van der Waals surface area contributed by atoms with Crippen LogP contribution in [0.15, 0.2) is 54.7 Å².